The Hall–Kier alpha value is -3.62. The summed E-state index contributed by atoms with van der Waals surface area (Å²) < 4.78 is 7.50. The molecule has 1 N–H and O–H groups in total. The zero-order valence-electron chi connectivity index (χ0n) is 20.2. The molecule has 3 aromatic rings. The van der Waals surface area contributed by atoms with Gasteiger partial charge in [0.05, 0.1) is 23.0 Å². The van der Waals surface area contributed by atoms with Crippen molar-refractivity contribution in [3.8, 4) is 5.75 Å². The summed E-state index contributed by atoms with van der Waals surface area (Å²) >= 11 is 0. The average molecular weight is 475 g/mol. The zero-order valence-corrected chi connectivity index (χ0v) is 20.2. The van der Waals surface area contributed by atoms with Gasteiger partial charge in [-0.1, -0.05) is 13.0 Å². The Morgan fingerprint density at radius 1 is 1.20 bits per heavy atom. The third-order valence-corrected chi connectivity index (χ3v) is 7.32. The van der Waals surface area contributed by atoms with Gasteiger partial charge in [0.2, 0.25) is 0 Å². The number of ether oxygens (including phenoxy) is 1. The molecule has 2 atom stereocenters. The Kier molecular flexibility index (Phi) is 5.35. The van der Waals surface area contributed by atoms with Crippen molar-refractivity contribution in [1.29, 1.82) is 0 Å². The highest BCUT2D eigenvalue weighted by atomic mass is 16.5. The maximum absolute atomic E-state index is 13.7. The van der Waals surface area contributed by atoms with E-state index in [0.717, 1.165) is 55.1 Å². The van der Waals surface area contributed by atoms with Gasteiger partial charge in [-0.2, -0.15) is 5.10 Å². The second-order valence-corrected chi connectivity index (χ2v) is 9.99. The Morgan fingerprint density at radius 3 is 2.91 bits per heavy atom. The molecule has 9 nitrogen and oxygen atoms in total. The number of nitrogens with zero attached hydrogens (tertiary/aromatic N) is 5. The first kappa shape index (κ1) is 21.9. The highest BCUT2D eigenvalue weighted by Gasteiger charge is 2.33. The van der Waals surface area contributed by atoms with E-state index in [-0.39, 0.29) is 24.5 Å². The number of carbonyl (C=O) groups is 2. The molecule has 0 unspecified atom stereocenters. The topological polar surface area (TPSA) is 92.1 Å². The minimum absolute atomic E-state index is 0.0870. The van der Waals surface area contributed by atoms with E-state index in [1.165, 1.54) is 6.42 Å². The van der Waals surface area contributed by atoms with Crippen molar-refractivity contribution in [3.63, 3.8) is 0 Å². The lowest BCUT2D eigenvalue weighted by molar-refractivity contribution is -0.118. The Balaban J connectivity index is 1.33. The number of aromatic nitrogens is 3. The average Bonchev–Trinajstić information content (AvgIpc) is 3.48. The number of amides is 2. The van der Waals surface area contributed by atoms with Crippen LogP contribution in [0.15, 0.2) is 30.5 Å². The van der Waals surface area contributed by atoms with Crippen LogP contribution >= 0.6 is 0 Å². The predicted octanol–water partition coefficient (Wildman–Crippen LogP) is 3.58. The van der Waals surface area contributed by atoms with E-state index < -0.39 is 0 Å². The number of hydrogen-bond donors (Lipinski definition) is 1. The fourth-order valence-corrected chi connectivity index (χ4v) is 5.55. The summed E-state index contributed by atoms with van der Waals surface area (Å²) in [7, 11) is 0. The fraction of sp³-hybridized carbons (Fsp3) is 0.462. The number of benzene rings is 1. The van der Waals surface area contributed by atoms with Gasteiger partial charge < -0.3 is 19.9 Å². The molecule has 6 rings (SSSR count). The second-order valence-electron chi connectivity index (χ2n) is 9.99. The standard InChI is InChI=1S/C26H30N6O3/c1-16-9-11-30(13-16)25-17(2)14-32-22(28-25)12-20(29-32)21-8-3-4-10-31(21)26(34)18-6-5-7-19-24(18)35-15-23(33)27-19/h5-7,12,14,16,21H,3-4,8-11,13,15H2,1-2H3,(H,27,33)/t16-,21-/m0/s1. The van der Waals surface area contributed by atoms with Crippen LogP contribution in [-0.2, 0) is 4.79 Å². The molecule has 2 aromatic heterocycles. The van der Waals surface area contributed by atoms with Gasteiger partial charge in [-0.25, -0.2) is 9.50 Å². The molecule has 1 aromatic carbocycles. The van der Waals surface area contributed by atoms with Gasteiger partial charge in [0.25, 0.3) is 11.8 Å². The van der Waals surface area contributed by atoms with Crippen LogP contribution in [0.1, 0.15) is 60.3 Å². The monoisotopic (exact) mass is 474 g/mol. The molecule has 0 aliphatic carbocycles. The van der Waals surface area contributed by atoms with Crippen molar-refractivity contribution in [2.75, 3.05) is 36.5 Å². The van der Waals surface area contributed by atoms with Gasteiger partial charge in [-0.3, -0.25) is 9.59 Å². The Morgan fingerprint density at radius 2 is 2.09 bits per heavy atom. The van der Waals surface area contributed by atoms with Crippen molar-refractivity contribution >= 4 is 29.0 Å². The lowest BCUT2D eigenvalue weighted by Gasteiger charge is -2.35. The third kappa shape index (κ3) is 3.88. The molecular formula is C26H30N6O3. The Bertz CT molecular complexity index is 1320. The highest BCUT2D eigenvalue weighted by Crippen LogP contribution is 2.37. The first-order chi connectivity index (χ1) is 17.0. The largest absolute Gasteiger partial charge is 0.481 e. The van der Waals surface area contributed by atoms with E-state index in [0.29, 0.717) is 29.5 Å². The summed E-state index contributed by atoms with van der Waals surface area (Å²) in [5.41, 5.74) is 3.78. The van der Waals surface area contributed by atoms with Crippen molar-refractivity contribution in [2.24, 2.45) is 5.92 Å². The summed E-state index contributed by atoms with van der Waals surface area (Å²) in [6.45, 7) is 6.98. The predicted molar refractivity (Wildman–Crippen MR) is 132 cm³/mol. The van der Waals surface area contributed by atoms with Gasteiger partial charge in [-0.05, 0) is 50.7 Å². The van der Waals surface area contributed by atoms with E-state index in [1.807, 2.05) is 21.7 Å². The van der Waals surface area contributed by atoms with Gasteiger partial charge in [0, 0.05) is 37.5 Å². The van der Waals surface area contributed by atoms with Gasteiger partial charge >= 0.3 is 0 Å². The van der Waals surface area contributed by atoms with Crippen molar-refractivity contribution in [3.05, 3.63) is 47.3 Å². The number of piperidine rings is 1. The maximum Gasteiger partial charge on any atom is 0.262 e. The summed E-state index contributed by atoms with van der Waals surface area (Å²) in [5.74, 6) is 1.83. The number of fused-ring (bicyclic) bond motifs is 2. The third-order valence-electron chi connectivity index (χ3n) is 7.32. The van der Waals surface area contributed by atoms with Crippen LogP contribution < -0.4 is 15.0 Å². The lowest BCUT2D eigenvalue weighted by Crippen LogP contribution is -2.39. The van der Waals surface area contributed by atoms with Crippen LogP contribution in [0.5, 0.6) is 5.75 Å². The number of nitrogens with one attached hydrogen (secondary N) is 1. The number of anilines is 2. The molecule has 9 heteroatoms. The molecule has 182 valence electrons. The quantitative estimate of drug-likeness (QED) is 0.624. The van der Waals surface area contributed by atoms with E-state index in [9.17, 15) is 9.59 Å². The summed E-state index contributed by atoms with van der Waals surface area (Å²) in [6.07, 6.45) is 6.05. The summed E-state index contributed by atoms with van der Waals surface area (Å²) in [4.78, 5) is 34.7. The van der Waals surface area contributed by atoms with Gasteiger partial charge in [-0.15, -0.1) is 0 Å². The van der Waals surface area contributed by atoms with Gasteiger partial charge in [0.15, 0.2) is 18.0 Å². The lowest BCUT2D eigenvalue weighted by atomic mass is 9.97. The molecule has 2 saturated heterocycles. The molecule has 5 heterocycles. The second kappa shape index (κ2) is 8.55. The SMILES string of the molecule is Cc1cn2nc([C@@H]3CCCCN3C(=O)c3cccc4c3OCC(=O)N4)cc2nc1N1CC[C@H](C)C1. The molecule has 3 aliphatic rings. The number of hydrogen-bond acceptors (Lipinski definition) is 6. The molecule has 3 aliphatic heterocycles. The van der Waals surface area contributed by atoms with Crippen LogP contribution in [0.3, 0.4) is 0 Å². The molecule has 0 spiro atoms. The zero-order chi connectivity index (χ0) is 24.1. The summed E-state index contributed by atoms with van der Waals surface area (Å²) in [6, 6.07) is 7.19. The van der Waals surface area contributed by atoms with Crippen LogP contribution in [0, 0.1) is 12.8 Å². The van der Waals surface area contributed by atoms with Crippen molar-refractivity contribution < 1.29 is 14.3 Å². The summed E-state index contributed by atoms with van der Waals surface area (Å²) in [5, 5.41) is 7.65. The van der Waals surface area contributed by atoms with E-state index in [1.54, 1.807) is 18.2 Å². The van der Waals surface area contributed by atoms with E-state index in [2.05, 4.69) is 24.1 Å². The van der Waals surface area contributed by atoms with E-state index >= 15 is 0 Å². The number of para-hydroxylation sites is 1. The molecule has 0 bridgehead atoms. The number of aryl methyl sites for hydroxylation is 1. The number of likely N-dealkylation sites (tertiary alicyclic amines) is 1. The highest BCUT2D eigenvalue weighted by molar-refractivity contribution is 6.03. The van der Waals surface area contributed by atoms with Gasteiger partial charge in [0.1, 0.15) is 5.82 Å². The number of rotatable bonds is 3. The van der Waals surface area contributed by atoms with Crippen LogP contribution in [-0.4, -0.2) is 57.6 Å². The maximum atomic E-state index is 13.7. The molecule has 2 fully saturated rings. The van der Waals surface area contributed by atoms with Crippen LogP contribution in [0.25, 0.3) is 5.65 Å². The Labute approximate surface area is 204 Å². The molecular weight excluding hydrogens is 444 g/mol. The normalized spacial score (nSPS) is 22.2. The van der Waals surface area contributed by atoms with E-state index in [4.69, 9.17) is 14.8 Å². The minimum Gasteiger partial charge on any atom is -0.481 e. The van der Waals surface area contributed by atoms with Crippen LogP contribution in [0.2, 0.25) is 0 Å². The number of carbonyl (C=O) groups excluding carboxylic acids is 2. The molecule has 35 heavy (non-hydrogen) atoms. The first-order valence-corrected chi connectivity index (χ1v) is 12.5. The van der Waals surface area contributed by atoms with Crippen molar-refractivity contribution in [1.82, 2.24) is 19.5 Å². The minimum atomic E-state index is -0.215. The molecule has 2 amide bonds. The van der Waals surface area contributed by atoms with Crippen LogP contribution in [0.4, 0.5) is 11.5 Å². The molecule has 0 radical (unpaired) electrons. The first-order valence-electron chi connectivity index (χ1n) is 12.5. The van der Waals surface area contributed by atoms with Crippen molar-refractivity contribution in [2.45, 2.75) is 45.6 Å². The molecule has 0 saturated carbocycles. The fourth-order valence-electron chi connectivity index (χ4n) is 5.55. The smallest absolute Gasteiger partial charge is 0.262 e.